The number of benzene rings is 1. The molecular formula is C21H29N5O2. The third-order valence-electron chi connectivity index (χ3n) is 5.91. The van der Waals surface area contributed by atoms with Crippen LogP contribution in [-0.4, -0.2) is 74.4 Å². The van der Waals surface area contributed by atoms with Gasteiger partial charge in [-0.15, -0.1) is 0 Å². The van der Waals surface area contributed by atoms with Crippen molar-refractivity contribution in [2.75, 3.05) is 32.8 Å². The van der Waals surface area contributed by atoms with Crippen molar-refractivity contribution in [1.29, 1.82) is 0 Å². The Hall–Kier alpha value is -2.25. The van der Waals surface area contributed by atoms with E-state index < -0.39 is 0 Å². The summed E-state index contributed by atoms with van der Waals surface area (Å²) >= 11 is 0. The highest BCUT2D eigenvalue weighted by molar-refractivity contribution is 5.94. The van der Waals surface area contributed by atoms with Gasteiger partial charge in [0.1, 0.15) is 5.82 Å². The van der Waals surface area contributed by atoms with Gasteiger partial charge in [-0.2, -0.15) is 5.10 Å². The molecule has 1 aromatic carbocycles. The van der Waals surface area contributed by atoms with Crippen LogP contribution in [-0.2, 0) is 7.05 Å². The van der Waals surface area contributed by atoms with Crippen molar-refractivity contribution in [2.45, 2.75) is 32.2 Å². The topological polar surface area (TPSA) is 74.5 Å². The van der Waals surface area contributed by atoms with Crippen LogP contribution in [0.4, 0.5) is 0 Å². The molecule has 4 rings (SSSR count). The maximum atomic E-state index is 13.0. The lowest BCUT2D eigenvalue weighted by atomic mass is 10.1. The minimum Gasteiger partial charge on any atom is -0.396 e. The molecule has 2 aromatic rings. The molecule has 1 N–H and O–H groups in total. The first-order chi connectivity index (χ1) is 13.5. The van der Waals surface area contributed by atoms with E-state index in [2.05, 4.69) is 15.0 Å². The summed E-state index contributed by atoms with van der Waals surface area (Å²) in [5.74, 6) is 2.41. The molecule has 1 aromatic heterocycles. The van der Waals surface area contributed by atoms with Gasteiger partial charge in [0.25, 0.3) is 5.91 Å². The Balaban J connectivity index is 1.43. The van der Waals surface area contributed by atoms with Crippen LogP contribution in [0.15, 0.2) is 24.3 Å². The summed E-state index contributed by atoms with van der Waals surface area (Å²) in [7, 11) is 1.87. The van der Waals surface area contributed by atoms with Gasteiger partial charge in [-0.25, -0.2) is 4.98 Å². The second kappa shape index (κ2) is 8.01. The summed E-state index contributed by atoms with van der Waals surface area (Å²) in [5.41, 5.74) is 1.60. The van der Waals surface area contributed by atoms with Crippen molar-refractivity contribution in [1.82, 2.24) is 24.6 Å². The second-order valence-electron chi connectivity index (χ2n) is 8.04. The number of carbonyl (C=O) groups excluding carboxylic acids is 1. The van der Waals surface area contributed by atoms with E-state index in [1.807, 2.05) is 43.1 Å². The van der Waals surface area contributed by atoms with Crippen LogP contribution >= 0.6 is 0 Å². The fourth-order valence-corrected chi connectivity index (χ4v) is 3.90. The zero-order valence-electron chi connectivity index (χ0n) is 16.7. The smallest absolute Gasteiger partial charge is 0.253 e. The molecule has 0 spiro atoms. The molecule has 2 fully saturated rings. The summed E-state index contributed by atoms with van der Waals surface area (Å²) in [6.07, 6.45) is 3.37. The number of hydrogen-bond acceptors (Lipinski definition) is 5. The van der Waals surface area contributed by atoms with Gasteiger partial charge in [0.2, 0.25) is 0 Å². The number of aromatic nitrogens is 3. The van der Waals surface area contributed by atoms with Gasteiger partial charge in [-0.05, 0) is 44.2 Å². The first kappa shape index (κ1) is 19.1. The zero-order valence-corrected chi connectivity index (χ0v) is 16.7. The lowest BCUT2D eigenvalue weighted by Gasteiger charge is -2.41. The molecule has 1 atom stereocenters. The monoisotopic (exact) mass is 383 g/mol. The number of aryl methyl sites for hydroxylation is 2. The lowest BCUT2D eigenvalue weighted by molar-refractivity contribution is 0.0407. The number of piperazine rings is 1. The van der Waals surface area contributed by atoms with Crippen LogP contribution in [0.2, 0.25) is 0 Å². The number of nitrogens with zero attached hydrogens (tertiary/aromatic N) is 5. The highest BCUT2D eigenvalue weighted by Crippen LogP contribution is 2.31. The highest BCUT2D eigenvalue weighted by atomic mass is 16.3. The summed E-state index contributed by atoms with van der Waals surface area (Å²) in [6.45, 7) is 5.52. The van der Waals surface area contributed by atoms with Gasteiger partial charge >= 0.3 is 0 Å². The number of aliphatic hydroxyl groups is 1. The Morgan fingerprint density at radius 3 is 2.57 bits per heavy atom. The summed E-state index contributed by atoms with van der Waals surface area (Å²) in [4.78, 5) is 21.8. The van der Waals surface area contributed by atoms with E-state index in [1.54, 1.807) is 4.68 Å². The van der Waals surface area contributed by atoms with Gasteiger partial charge in [0.05, 0.1) is 0 Å². The average Bonchev–Trinajstić information content (AvgIpc) is 3.46. The van der Waals surface area contributed by atoms with Crippen molar-refractivity contribution in [3.05, 3.63) is 35.7 Å². The van der Waals surface area contributed by atoms with Crippen LogP contribution in [0, 0.1) is 12.8 Å². The number of amides is 1. The fourth-order valence-electron chi connectivity index (χ4n) is 3.90. The van der Waals surface area contributed by atoms with Crippen LogP contribution in [0.1, 0.15) is 35.4 Å². The number of hydrogen-bond donors (Lipinski definition) is 1. The minimum atomic E-state index is 0.0609. The largest absolute Gasteiger partial charge is 0.396 e. The Morgan fingerprint density at radius 2 is 1.96 bits per heavy atom. The van der Waals surface area contributed by atoms with Gasteiger partial charge in [-0.3, -0.25) is 14.4 Å². The molecule has 1 saturated carbocycles. The molecule has 7 heteroatoms. The molecule has 28 heavy (non-hydrogen) atoms. The van der Waals surface area contributed by atoms with Gasteiger partial charge in [-0.1, -0.05) is 12.1 Å². The van der Waals surface area contributed by atoms with Gasteiger partial charge in [0, 0.05) is 57.0 Å². The highest BCUT2D eigenvalue weighted by Gasteiger charge is 2.33. The lowest BCUT2D eigenvalue weighted by Crippen LogP contribution is -2.55. The Morgan fingerprint density at radius 1 is 1.21 bits per heavy atom. The van der Waals surface area contributed by atoms with E-state index in [0.717, 1.165) is 43.4 Å². The van der Waals surface area contributed by atoms with E-state index >= 15 is 0 Å². The van der Waals surface area contributed by atoms with Crippen LogP contribution in [0.3, 0.4) is 0 Å². The second-order valence-corrected chi connectivity index (χ2v) is 8.04. The predicted octanol–water partition coefficient (Wildman–Crippen LogP) is 1.71. The van der Waals surface area contributed by atoms with E-state index in [4.69, 9.17) is 0 Å². The molecule has 0 unspecified atom stereocenters. The van der Waals surface area contributed by atoms with E-state index in [0.29, 0.717) is 17.9 Å². The maximum Gasteiger partial charge on any atom is 0.253 e. The number of rotatable bonds is 6. The molecular weight excluding hydrogens is 354 g/mol. The van der Waals surface area contributed by atoms with E-state index in [9.17, 15) is 9.90 Å². The van der Waals surface area contributed by atoms with E-state index in [1.165, 1.54) is 12.8 Å². The average molecular weight is 383 g/mol. The number of carbonyl (C=O) groups is 1. The molecule has 150 valence electrons. The molecule has 2 aliphatic rings. The Labute approximate surface area is 166 Å². The van der Waals surface area contributed by atoms with Crippen LogP contribution in [0.25, 0.3) is 11.4 Å². The van der Waals surface area contributed by atoms with Crippen molar-refractivity contribution in [3.63, 3.8) is 0 Å². The Kier molecular flexibility index (Phi) is 5.46. The normalized spacial score (nSPS) is 20.5. The summed E-state index contributed by atoms with van der Waals surface area (Å²) in [6, 6.07) is 7.80. The third kappa shape index (κ3) is 4.10. The third-order valence-corrected chi connectivity index (χ3v) is 5.91. The van der Waals surface area contributed by atoms with Gasteiger partial charge in [0.15, 0.2) is 5.82 Å². The number of aliphatic hydroxyl groups excluding tert-OH is 1. The van der Waals surface area contributed by atoms with Gasteiger partial charge < -0.3 is 10.0 Å². The maximum absolute atomic E-state index is 13.0. The predicted molar refractivity (Wildman–Crippen MR) is 107 cm³/mol. The van der Waals surface area contributed by atoms with Crippen molar-refractivity contribution >= 4 is 5.91 Å². The molecule has 1 saturated heterocycles. The molecule has 1 aliphatic heterocycles. The van der Waals surface area contributed by atoms with Crippen LogP contribution in [0.5, 0.6) is 0 Å². The molecule has 1 amide bonds. The first-order valence-corrected chi connectivity index (χ1v) is 10.2. The zero-order chi connectivity index (χ0) is 19.7. The van der Waals surface area contributed by atoms with E-state index in [-0.39, 0.29) is 18.6 Å². The standard InChI is InChI=1S/C21H29N5O2/c1-15-22-20(23-24(15)2)17-5-7-18(8-6-17)21(28)26-11-10-25(13-16-3-4-16)19(14-26)9-12-27/h5-8,16,19,27H,3-4,9-14H2,1-2H3/t19-/m1/s1. The summed E-state index contributed by atoms with van der Waals surface area (Å²) < 4.78 is 1.75. The van der Waals surface area contributed by atoms with Crippen molar-refractivity contribution < 1.29 is 9.90 Å². The van der Waals surface area contributed by atoms with Crippen molar-refractivity contribution in [3.8, 4) is 11.4 Å². The quantitative estimate of drug-likeness (QED) is 0.822. The van der Waals surface area contributed by atoms with Crippen LogP contribution < -0.4 is 0 Å². The molecule has 0 radical (unpaired) electrons. The SMILES string of the molecule is Cc1nc(-c2ccc(C(=O)N3CCN(CC4CC4)[C@H](CCO)C3)cc2)nn1C. The molecule has 0 bridgehead atoms. The first-order valence-electron chi connectivity index (χ1n) is 10.2. The molecule has 2 heterocycles. The fraction of sp³-hybridized carbons (Fsp3) is 0.571. The minimum absolute atomic E-state index is 0.0609. The Bertz CT molecular complexity index is 808. The molecule has 1 aliphatic carbocycles. The van der Waals surface area contributed by atoms with Crippen molar-refractivity contribution in [2.24, 2.45) is 13.0 Å². The summed E-state index contributed by atoms with van der Waals surface area (Å²) in [5, 5.41) is 13.8. The molecule has 7 nitrogen and oxygen atoms in total.